The molecule has 1 heterocycles. The molecule has 0 aromatic heterocycles. The zero-order valence-electron chi connectivity index (χ0n) is 17.9. The highest BCUT2D eigenvalue weighted by molar-refractivity contribution is 5.94. The topological polar surface area (TPSA) is 99.8 Å². The van der Waals surface area contributed by atoms with Crippen molar-refractivity contribution in [2.45, 2.75) is 59.0 Å². The number of piperidine rings is 1. The van der Waals surface area contributed by atoms with Gasteiger partial charge in [-0.3, -0.25) is 9.59 Å². The SMILES string of the molecule is CCNC(=NCc1cccc(C(=O)NC(C)CC)c1)N1CCCC(CC(N)=O)C1. The molecule has 4 N–H and O–H groups in total. The smallest absolute Gasteiger partial charge is 0.251 e. The van der Waals surface area contributed by atoms with Crippen LogP contribution in [-0.4, -0.2) is 48.3 Å². The molecule has 0 radical (unpaired) electrons. The van der Waals surface area contributed by atoms with Gasteiger partial charge in [0.25, 0.3) is 5.91 Å². The van der Waals surface area contributed by atoms with Crippen LogP contribution in [0.3, 0.4) is 0 Å². The van der Waals surface area contributed by atoms with Crippen LogP contribution in [0.1, 0.15) is 62.4 Å². The molecular weight excluding hydrogens is 366 g/mol. The molecule has 1 saturated heterocycles. The molecule has 7 nitrogen and oxygen atoms in total. The average Bonchev–Trinajstić information content (AvgIpc) is 2.70. The van der Waals surface area contributed by atoms with Gasteiger partial charge in [0.2, 0.25) is 5.91 Å². The lowest BCUT2D eigenvalue weighted by atomic mass is 9.95. The minimum absolute atomic E-state index is 0.0533. The van der Waals surface area contributed by atoms with Crippen LogP contribution < -0.4 is 16.4 Å². The van der Waals surface area contributed by atoms with Crippen molar-refractivity contribution in [3.63, 3.8) is 0 Å². The second-order valence-corrected chi connectivity index (χ2v) is 7.78. The van der Waals surface area contributed by atoms with E-state index in [1.54, 1.807) is 0 Å². The minimum atomic E-state index is -0.244. The van der Waals surface area contributed by atoms with Crippen molar-refractivity contribution < 1.29 is 9.59 Å². The molecule has 2 rings (SSSR count). The van der Waals surface area contributed by atoms with Crippen LogP contribution >= 0.6 is 0 Å². The first kappa shape index (κ1) is 22.7. The van der Waals surface area contributed by atoms with Gasteiger partial charge in [0.1, 0.15) is 0 Å². The molecule has 0 saturated carbocycles. The van der Waals surface area contributed by atoms with E-state index in [2.05, 4.69) is 15.5 Å². The van der Waals surface area contributed by atoms with Gasteiger partial charge in [-0.1, -0.05) is 19.1 Å². The Kier molecular flexibility index (Phi) is 8.96. The summed E-state index contributed by atoms with van der Waals surface area (Å²) in [5, 5.41) is 6.35. The number of nitrogens with two attached hydrogens (primary N) is 1. The standard InChI is InChI=1S/C22H35N5O2/c1-4-16(3)26-21(29)19-10-6-8-17(12-19)14-25-22(24-5-2)27-11-7-9-18(15-27)13-20(23)28/h6,8,10,12,16,18H,4-5,7,9,11,13-15H2,1-3H3,(H2,23,28)(H,24,25)(H,26,29). The molecule has 0 aliphatic carbocycles. The molecule has 160 valence electrons. The number of carbonyl (C=O) groups is 2. The Morgan fingerprint density at radius 1 is 1.34 bits per heavy atom. The van der Waals surface area contributed by atoms with Crippen LogP contribution in [0.15, 0.2) is 29.3 Å². The molecule has 1 aliphatic rings. The molecule has 2 amide bonds. The van der Waals surface area contributed by atoms with Crippen molar-refractivity contribution in [3.8, 4) is 0 Å². The number of carbonyl (C=O) groups excluding carboxylic acids is 2. The normalized spacial score (nSPS) is 18.2. The Hall–Kier alpha value is -2.57. The monoisotopic (exact) mass is 401 g/mol. The second-order valence-electron chi connectivity index (χ2n) is 7.78. The zero-order valence-corrected chi connectivity index (χ0v) is 17.9. The summed E-state index contributed by atoms with van der Waals surface area (Å²) in [6.07, 6.45) is 3.36. The van der Waals surface area contributed by atoms with Crippen molar-refractivity contribution in [2.75, 3.05) is 19.6 Å². The van der Waals surface area contributed by atoms with E-state index in [1.807, 2.05) is 45.0 Å². The highest BCUT2D eigenvalue weighted by Crippen LogP contribution is 2.19. The Morgan fingerprint density at radius 3 is 2.83 bits per heavy atom. The fraction of sp³-hybridized carbons (Fsp3) is 0.591. The molecule has 2 atom stereocenters. The summed E-state index contributed by atoms with van der Waals surface area (Å²) in [4.78, 5) is 30.6. The zero-order chi connectivity index (χ0) is 21.2. The number of guanidine groups is 1. The first-order valence-electron chi connectivity index (χ1n) is 10.6. The minimum Gasteiger partial charge on any atom is -0.370 e. The number of aliphatic imine (C=N–C) groups is 1. The van der Waals surface area contributed by atoms with Crippen molar-refractivity contribution in [1.82, 2.24) is 15.5 Å². The number of primary amides is 1. The quantitative estimate of drug-likeness (QED) is 0.459. The van der Waals surface area contributed by atoms with Gasteiger partial charge in [-0.2, -0.15) is 0 Å². The molecule has 7 heteroatoms. The van der Waals surface area contributed by atoms with Crippen LogP contribution in [0.25, 0.3) is 0 Å². The van der Waals surface area contributed by atoms with Gasteiger partial charge in [-0.25, -0.2) is 4.99 Å². The molecule has 1 aliphatic heterocycles. The van der Waals surface area contributed by atoms with Gasteiger partial charge in [-0.15, -0.1) is 0 Å². The third-order valence-electron chi connectivity index (χ3n) is 5.23. The molecule has 2 unspecified atom stereocenters. The third-order valence-corrected chi connectivity index (χ3v) is 5.23. The van der Waals surface area contributed by atoms with Crippen LogP contribution in [0, 0.1) is 5.92 Å². The number of likely N-dealkylation sites (tertiary alicyclic amines) is 1. The largest absolute Gasteiger partial charge is 0.370 e. The number of amides is 2. The summed E-state index contributed by atoms with van der Waals surface area (Å²) >= 11 is 0. The Bertz CT molecular complexity index is 719. The van der Waals surface area contributed by atoms with Crippen molar-refractivity contribution in [1.29, 1.82) is 0 Å². The van der Waals surface area contributed by atoms with Gasteiger partial charge < -0.3 is 21.3 Å². The highest BCUT2D eigenvalue weighted by atomic mass is 16.2. The predicted octanol–water partition coefficient (Wildman–Crippen LogP) is 2.27. The van der Waals surface area contributed by atoms with Crippen molar-refractivity contribution >= 4 is 17.8 Å². The molecule has 1 aromatic rings. The Balaban J connectivity index is 2.07. The second kappa shape index (κ2) is 11.4. The first-order valence-corrected chi connectivity index (χ1v) is 10.6. The van der Waals surface area contributed by atoms with Gasteiger partial charge in [0, 0.05) is 37.7 Å². The van der Waals surface area contributed by atoms with Gasteiger partial charge >= 0.3 is 0 Å². The molecule has 1 fully saturated rings. The Morgan fingerprint density at radius 2 is 2.14 bits per heavy atom. The summed E-state index contributed by atoms with van der Waals surface area (Å²) < 4.78 is 0. The van der Waals surface area contributed by atoms with E-state index in [0.717, 1.165) is 50.4 Å². The van der Waals surface area contributed by atoms with E-state index in [1.165, 1.54) is 0 Å². The number of hydrogen-bond acceptors (Lipinski definition) is 3. The summed E-state index contributed by atoms with van der Waals surface area (Å²) in [6, 6.07) is 7.76. The van der Waals surface area contributed by atoms with E-state index in [-0.39, 0.29) is 23.8 Å². The fourth-order valence-corrected chi connectivity index (χ4v) is 3.52. The van der Waals surface area contributed by atoms with Crippen LogP contribution in [-0.2, 0) is 11.3 Å². The summed E-state index contributed by atoms with van der Waals surface area (Å²) in [6.45, 7) is 9.05. The lowest BCUT2D eigenvalue weighted by molar-refractivity contribution is -0.119. The number of benzene rings is 1. The van der Waals surface area contributed by atoms with E-state index < -0.39 is 0 Å². The number of nitrogens with one attached hydrogen (secondary N) is 2. The van der Waals surface area contributed by atoms with Gasteiger partial charge in [0.15, 0.2) is 5.96 Å². The number of rotatable bonds is 8. The molecule has 0 spiro atoms. The maximum atomic E-state index is 12.4. The number of hydrogen-bond donors (Lipinski definition) is 3. The molecular formula is C22H35N5O2. The van der Waals surface area contributed by atoms with Crippen LogP contribution in [0.2, 0.25) is 0 Å². The summed E-state index contributed by atoms with van der Waals surface area (Å²) in [5.74, 6) is 0.822. The van der Waals surface area contributed by atoms with Crippen LogP contribution in [0.5, 0.6) is 0 Å². The Labute approximate surface area is 174 Å². The summed E-state index contributed by atoms with van der Waals surface area (Å²) in [7, 11) is 0. The third kappa shape index (κ3) is 7.40. The lowest BCUT2D eigenvalue weighted by Gasteiger charge is -2.34. The summed E-state index contributed by atoms with van der Waals surface area (Å²) in [5.41, 5.74) is 7.02. The first-order chi connectivity index (χ1) is 13.9. The van der Waals surface area contributed by atoms with Crippen molar-refractivity contribution in [3.05, 3.63) is 35.4 Å². The molecule has 1 aromatic carbocycles. The van der Waals surface area contributed by atoms with E-state index in [0.29, 0.717) is 18.5 Å². The maximum Gasteiger partial charge on any atom is 0.251 e. The van der Waals surface area contributed by atoms with E-state index in [9.17, 15) is 9.59 Å². The molecule has 29 heavy (non-hydrogen) atoms. The average molecular weight is 402 g/mol. The lowest BCUT2D eigenvalue weighted by Crippen LogP contribution is -2.47. The fourth-order valence-electron chi connectivity index (χ4n) is 3.52. The van der Waals surface area contributed by atoms with E-state index >= 15 is 0 Å². The van der Waals surface area contributed by atoms with Gasteiger partial charge in [0.05, 0.1) is 6.54 Å². The number of nitrogens with zero attached hydrogens (tertiary/aromatic N) is 2. The molecule has 0 bridgehead atoms. The van der Waals surface area contributed by atoms with Crippen LogP contribution in [0.4, 0.5) is 0 Å². The van der Waals surface area contributed by atoms with Gasteiger partial charge in [-0.05, 0) is 56.7 Å². The van der Waals surface area contributed by atoms with E-state index in [4.69, 9.17) is 10.7 Å². The highest BCUT2D eigenvalue weighted by Gasteiger charge is 2.23. The maximum absolute atomic E-state index is 12.4. The van der Waals surface area contributed by atoms with Crippen molar-refractivity contribution in [2.24, 2.45) is 16.6 Å². The predicted molar refractivity (Wildman–Crippen MR) is 117 cm³/mol.